The van der Waals surface area contributed by atoms with Gasteiger partial charge in [-0.15, -0.1) is 0 Å². The van der Waals surface area contributed by atoms with Crippen LogP contribution in [-0.4, -0.2) is 6.54 Å². The van der Waals surface area contributed by atoms with Gasteiger partial charge in [0, 0.05) is 10.9 Å². The van der Waals surface area contributed by atoms with Gasteiger partial charge in [0.15, 0.2) is 0 Å². The minimum Gasteiger partial charge on any atom is -0.459 e. The first-order chi connectivity index (χ1) is 7.36. The minimum atomic E-state index is 0.828. The van der Waals surface area contributed by atoms with Crippen LogP contribution in [0.3, 0.4) is 0 Å². The Labute approximate surface area is 90.3 Å². The summed E-state index contributed by atoms with van der Waals surface area (Å²) in [5.74, 6) is 1.08. The molecule has 2 rings (SSSR count). The number of fused-ring (bicyclic) bond motifs is 1. The number of aryl methyl sites for hydroxylation is 1. The van der Waals surface area contributed by atoms with Crippen molar-refractivity contribution in [1.82, 2.24) is 5.32 Å². The molecule has 0 aliphatic heterocycles. The van der Waals surface area contributed by atoms with Crippen molar-refractivity contribution in [3.63, 3.8) is 0 Å². The maximum absolute atomic E-state index is 5.83. The molecule has 0 amide bonds. The van der Waals surface area contributed by atoms with E-state index in [1.807, 2.05) is 12.1 Å². The molecule has 0 aliphatic rings. The van der Waals surface area contributed by atoms with Gasteiger partial charge in [-0.25, -0.2) is 0 Å². The lowest BCUT2D eigenvalue weighted by molar-refractivity contribution is 0.514. The van der Waals surface area contributed by atoms with Gasteiger partial charge in [0.1, 0.15) is 11.3 Å². The molecule has 1 N–H and O–H groups in total. The molecule has 0 unspecified atom stereocenters. The maximum Gasteiger partial charge on any atom is 0.134 e. The Morgan fingerprint density at radius 2 is 2.00 bits per heavy atom. The van der Waals surface area contributed by atoms with Gasteiger partial charge in [-0.2, -0.15) is 0 Å². The van der Waals surface area contributed by atoms with E-state index >= 15 is 0 Å². The molecule has 1 aromatic carbocycles. The number of furan rings is 1. The molecule has 1 aromatic heterocycles. The quantitative estimate of drug-likeness (QED) is 0.826. The molecular weight excluding hydrogens is 186 g/mol. The fourth-order valence-corrected chi connectivity index (χ4v) is 1.92. The Kier molecular flexibility index (Phi) is 3.07. The van der Waals surface area contributed by atoms with E-state index in [9.17, 15) is 0 Å². The fraction of sp³-hybridized carbons (Fsp3) is 0.385. The molecule has 0 fully saturated rings. The van der Waals surface area contributed by atoms with Crippen LogP contribution in [0.2, 0.25) is 0 Å². The van der Waals surface area contributed by atoms with Crippen LogP contribution >= 0.6 is 0 Å². The van der Waals surface area contributed by atoms with Gasteiger partial charge >= 0.3 is 0 Å². The summed E-state index contributed by atoms with van der Waals surface area (Å²) >= 11 is 0. The van der Waals surface area contributed by atoms with Crippen molar-refractivity contribution >= 4 is 11.0 Å². The molecule has 0 radical (unpaired) electrons. The van der Waals surface area contributed by atoms with Crippen molar-refractivity contribution in [2.24, 2.45) is 0 Å². The summed E-state index contributed by atoms with van der Waals surface area (Å²) in [6.07, 6.45) is 1.03. The summed E-state index contributed by atoms with van der Waals surface area (Å²) in [6.45, 7) is 6.08. The van der Waals surface area contributed by atoms with Crippen molar-refractivity contribution in [2.75, 3.05) is 6.54 Å². The van der Waals surface area contributed by atoms with Crippen LogP contribution in [0.4, 0.5) is 0 Å². The third-order valence-electron chi connectivity index (χ3n) is 2.67. The average molecular weight is 203 g/mol. The van der Waals surface area contributed by atoms with Crippen LogP contribution in [-0.2, 0) is 13.0 Å². The highest BCUT2D eigenvalue weighted by atomic mass is 16.3. The zero-order chi connectivity index (χ0) is 10.7. The Bertz CT molecular complexity index is 445. The second-order valence-corrected chi connectivity index (χ2v) is 3.63. The average Bonchev–Trinajstić information content (AvgIpc) is 2.63. The van der Waals surface area contributed by atoms with Crippen molar-refractivity contribution in [3.05, 3.63) is 35.6 Å². The van der Waals surface area contributed by atoms with Crippen LogP contribution in [0.5, 0.6) is 0 Å². The van der Waals surface area contributed by atoms with E-state index < -0.39 is 0 Å². The van der Waals surface area contributed by atoms with Gasteiger partial charge < -0.3 is 9.73 Å². The molecule has 0 saturated heterocycles. The number of para-hydroxylation sites is 1. The Morgan fingerprint density at radius 1 is 1.20 bits per heavy atom. The number of hydrogen-bond acceptors (Lipinski definition) is 2. The summed E-state index contributed by atoms with van der Waals surface area (Å²) in [7, 11) is 0. The molecular formula is C13H17NO. The molecule has 2 nitrogen and oxygen atoms in total. The molecule has 0 aliphatic carbocycles. The predicted molar refractivity (Wildman–Crippen MR) is 63.0 cm³/mol. The van der Waals surface area contributed by atoms with Crippen LogP contribution in [0.25, 0.3) is 11.0 Å². The summed E-state index contributed by atoms with van der Waals surface area (Å²) in [5.41, 5.74) is 2.34. The van der Waals surface area contributed by atoms with Gasteiger partial charge in [0.25, 0.3) is 0 Å². The topological polar surface area (TPSA) is 25.2 Å². The number of benzene rings is 1. The summed E-state index contributed by atoms with van der Waals surface area (Å²) in [4.78, 5) is 0. The van der Waals surface area contributed by atoms with Gasteiger partial charge in [-0.3, -0.25) is 0 Å². The van der Waals surface area contributed by atoms with E-state index in [-0.39, 0.29) is 0 Å². The Morgan fingerprint density at radius 3 is 2.73 bits per heavy atom. The molecule has 0 saturated carbocycles. The van der Waals surface area contributed by atoms with E-state index in [2.05, 4.69) is 31.3 Å². The van der Waals surface area contributed by atoms with Crippen LogP contribution in [0.1, 0.15) is 25.2 Å². The number of hydrogen-bond donors (Lipinski definition) is 1. The largest absolute Gasteiger partial charge is 0.459 e. The maximum atomic E-state index is 5.83. The smallest absolute Gasteiger partial charge is 0.134 e. The lowest BCUT2D eigenvalue weighted by Gasteiger charge is -2.00. The van der Waals surface area contributed by atoms with Crippen molar-refractivity contribution < 1.29 is 4.42 Å². The zero-order valence-corrected chi connectivity index (χ0v) is 9.34. The predicted octanol–water partition coefficient (Wildman–Crippen LogP) is 3.10. The highest BCUT2D eigenvalue weighted by molar-refractivity contribution is 5.82. The molecule has 0 atom stereocenters. The van der Waals surface area contributed by atoms with Gasteiger partial charge in [0.05, 0.1) is 6.54 Å². The third kappa shape index (κ3) is 1.90. The second-order valence-electron chi connectivity index (χ2n) is 3.63. The normalized spacial score (nSPS) is 11.1. The highest BCUT2D eigenvalue weighted by Crippen LogP contribution is 2.25. The van der Waals surface area contributed by atoms with E-state index in [1.165, 1.54) is 10.9 Å². The monoisotopic (exact) mass is 203 g/mol. The summed E-state index contributed by atoms with van der Waals surface area (Å²) in [5, 5.41) is 4.56. The second kappa shape index (κ2) is 4.49. The molecule has 1 heterocycles. The van der Waals surface area contributed by atoms with Gasteiger partial charge in [-0.1, -0.05) is 32.0 Å². The van der Waals surface area contributed by atoms with Crippen LogP contribution < -0.4 is 5.32 Å². The first-order valence-electron chi connectivity index (χ1n) is 5.56. The minimum absolute atomic E-state index is 0.828. The molecule has 0 spiro atoms. The molecule has 15 heavy (non-hydrogen) atoms. The number of nitrogens with one attached hydrogen (secondary N) is 1. The lowest BCUT2D eigenvalue weighted by Crippen LogP contribution is -2.12. The lowest BCUT2D eigenvalue weighted by atomic mass is 10.1. The standard InChI is InChI=1S/C13H17NO/c1-3-10-11-7-5-6-8-12(11)15-13(10)9-14-4-2/h5-8,14H,3-4,9H2,1-2H3. The zero-order valence-electron chi connectivity index (χ0n) is 9.34. The van der Waals surface area contributed by atoms with Crippen molar-refractivity contribution in [3.8, 4) is 0 Å². The van der Waals surface area contributed by atoms with E-state index in [0.29, 0.717) is 0 Å². The Balaban J connectivity index is 2.44. The van der Waals surface area contributed by atoms with Crippen molar-refractivity contribution in [2.45, 2.75) is 26.8 Å². The molecule has 2 heteroatoms. The van der Waals surface area contributed by atoms with Gasteiger partial charge in [-0.05, 0) is 19.0 Å². The first kappa shape index (κ1) is 10.2. The van der Waals surface area contributed by atoms with E-state index in [1.54, 1.807) is 0 Å². The molecule has 2 aromatic rings. The van der Waals surface area contributed by atoms with Crippen LogP contribution in [0.15, 0.2) is 28.7 Å². The van der Waals surface area contributed by atoms with E-state index in [0.717, 1.165) is 30.9 Å². The summed E-state index contributed by atoms with van der Waals surface area (Å²) < 4.78 is 5.83. The fourth-order valence-electron chi connectivity index (χ4n) is 1.92. The van der Waals surface area contributed by atoms with Crippen LogP contribution in [0, 0.1) is 0 Å². The van der Waals surface area contributed by atoms with Crippen molar-refractivity contribution in [1.29, 1.82) is 0 Å². The van der Waals surface area contributed by atoms with Gasteiger partial charge in [0.2, 0.25) is 0 Å². The highest BCUT2D eigenvalue weighted by Gasteiger charge is 2.10. The van der Waals surface area contributed by atoms with E-state index in [4.69, 9.17) is 4.42 Å². The molecule has 80 valence electrons. The summed E-state index contributed by atoms with van der Waals surface area (Å²) in [6, 6.07) is 8.24. The third-order valence-corrected chi connectivity index (χ3v) is 2.67. The number of rotatable bonds is 4. The Hall–Kier alpha value is -1.28. The first-order valence-corrected chi connectivity index (χ1v) is 5.56. The SMILES string of the molecule is CCNCc1oc2ccccc2c1CC. The molecule has 0 bridgehead atoms.